The number of phenolic OH excluding ortho intramolecular Hbond substituents is 3. The van der Waals surface area contributed by atoms with E-state index in [0.29, 0.717) is 18.4 Å². The minimum Gasteiger partial charge on any atom is -0.504 e. The molecule has 0 aliphatic carbocycles. The molecule has 3 rings (SSSR count). The van der Waals surface area contributed by atoms with Crippen LogP contribution in [0.25, 0.3) is 0 Å². The Bertz CT molecular complexity index is 1050. The number of phenols is 3. The summed E-state index contributed by atoms with van der Waals surface area (Å²) in [6.07, 6.45) is 1.04. The molecule has 5 nitrogen and oxygen atoms in total. The summed E-state index contributed by atoms with van der Waals surface area (Å²) in [5.41, 5.74) is 3.58. The van der Waals surface area contributed by atoms with Gasteiger partial charge >= 0.3 is 0 Å². The molecule has 31 heavy (non-hydrogen) atoms. The highest BCUT2D eigenvalue weighted by molar-refractivity contribution is 5.98. The van der Waals surface area contributed by atoms with Crippen LogP contribution in [-0.4, -0.2) is 21.2 Å². The average Bonchev–Trinajstić information content (AvgIpc) is 2.76. The van der Waals surface area contributed by atoms with Gasteiger partial charge in [0.15, 0.2) is 11.5 Å². The van der Waals surface area contributed by atoms with Crippen LogP contribution in [0.15, 0.2) is 60.7 Å². The van der Waals surface area contributed by atoms with Crippen LogP contribution in [0, 0.1) is 0 Å². The molecule has 3 aromatic carbocycles. The molecule has 0 radical (unpaired) electrons. The van der Waals surface area contributed by atoms with Crippen LogP contribution < -0.4 is 5.32 Å². The predicted octanol–water partition coefficient (Wildman–Crippen LogP) is 4.82. The number of rotatable bonds is 6. The largest absolute Gasteiger partial charge is 0.504 e. The van der Waals surface area contributed by atoms with Crippen LogP contribution >= 0.6 is 0 Å². The Morgan fingerprint density at radius 2 is 1.45 bits per heavy atom. The molecule has 0 saturated heterocycles. The summed E-state index contributed by atoms with van der Waals surface area (Å²) < 4.78 is 0. The number of carbonyl (C=O) groups excluding carboxylic acids is 1. The summed E-state index contributed by atoms with van der Waals surface area (Å²) in [5.74, 6) is -2.22. The fourth-order valence-electron chi connectivity index (χ4n) is 3.39. The van der Waals surface area contributed by atoms with Gasteiger partial charge in [0.2, 0.25) is 5.75 Å². The molecule has 0 bridgehead atoms. The minimum absolute atomic E-state index is 0.0489. The number of carbonyl (C=O) groups is 1. The molecule has 5 heteroatoms. The second-order valence-corrected chi connectivity index (χ2v) is 8.74. The number of amides is 1. The highest BCUT2D eigenvalue weighted by Gasteiger charge is 2.21. The first-order valence-electron chi connectivity index (χ1n) is 10.3. The Morgan fingerprint density at radius 1 is 0.806 bits per heavy atom. The lowest BCUT2D eigenvalue weighted by Crippen LogP contribution is -2.23. The van der Waals surface area contributed by atoms with E-state index in [1.807, 2.05) is 54.6 Å². The summed E-state index contributed by atoms with van der Waals surface area (Å²) in [5, 5.41) is 33.3. The third-order valence-electron chi connectivity index (χ3n) is 5.37. The van der Waals surface area contributed by atoms with Crippen LogP contribution in [0.2, 0.25) is 0 Å². The Kier molecular flexibility index (Phi) is 6.54. The van der Waals surface area contributed by atoms with Crippen molar-refractivity contribution in [2.24, 2.45) is 0 Å². The van der Waals surface area contributed by atoms with Crippen molar-refractivity contribution < 1.29 is 20.1 Å². The zero-order valence-electron chi connectivity index (χ0n) is 18.1. The molecule has 0 atom stereocenters. The van der Waals surface area contributed by atoms with Gasteiger partial charge in [-0.05, 0) is 46.6 Å². The topological polar surface area (TPSA) is 89.8 Å². The quantitative estimate of drug-likeness (QED) is 0.432. The number of hydrogen-bond donors (Lipinski definition) is 4. The zero-order valence-corrected chi connectivity index (χ0v) is 18.1. The summed E-state index contributed by atoms with van der Waals surface area (Å²) in [6.45, 7) is 6.70. The number of benzene rings is 3. The third-order valence-corrected chi connectivity index (χ3v) is 5.37. The normalized spacial score (nSPS) is 11.3. The van der Waals surface area contributed by atoms with Crippen molar-refractivity contribution in [3.8, 4) is 17.2 Å². The molecule has 0 spiro atoms. The van der Waals surface area contributed by atoms with Crippen molar-refractivity contribution in [1.82, 2.24) is 5.32 Å². The first kappa shape index (κ1) is 22.2. The van der Waals surface area contributed by atoms with Crippen LogP contribution in [0.4, 0.5) is 0 Å². The molecule has 0 aliphatic heterocycles. The molecule has 162 valence electrons. The Hall–Kier alpha value is -3.47. The second kappa shape index (κ2) is 9.13. The van der Waals surface area contributed by atoms with Crippen molar-refractivity contribution in [3.05, 3.63) is 88.5 Å². The van der Waals surface area contributed by atoms with Gasteiger partial charge in [-0.25, -0.2) is 0 Å². The van der Waals surface area contributed by atoms with Gasteiger partial charge in [-0.3, -0.25) is 4.79 Å². The van der Waals surface area contributed by atoms with Crippen LogP contribution in [-0.2, 0) is 24.8 Å². The highest BCUT2D eigenvalue weighted by Crippen LogP contribution is 2.40. The lowest BCUT2D eigenvalue weighted by molar-refractivity contribution is 0.0947. The van der Waals surface area contributed by atoms with Gasteiger partial charge in [0, 0.05) is 6.54 Å². The molecule has 0 saturated carbocycles. The molecule has 0 fully saturated rings. The van der Waals surface area contributed by atoms with E-state index >= 15 is 0 Å². The number of aromatic hydroxyl groups is 3. The first-order valence-corrected chi connectivity index (χ1v) is 10.3. The number of hydrogen-bond acceptors (Lipinski definition) is 4. The third kappa shape index (κ3) is 5.37. The Balaban J connectivity index is 1.73. The average molecular weight is 420 g/mol. The maximum Gasteiger partial charge on any atom is 0.255 e. The maximum absolute atomic E-state index is 12.7. The van der Waals surface area contributed by atoms with E-state index in [1.54, 1.807) is 0 Å². The zero-order chi connectivity index (χ0) is 22.6. The standard InChI is InChI=1S/C26H29NO4/c1-26(2,3)20-13-10-18(11-14-20)16-27-25(31)21-15-19(22(28)24(30)23(21)29)12-9-17-7-5-4-6-8-17/h4-8,10-11,13-15,28-30H,9,12,16H2,1-3H3,(H,27,31). The van der Waals surface area contributed by atoms with Gasteiger partial charge in [0.1, 0.15) is 0 Å². The van der Waals surface area contributed by atoms with Crippen molar-refractivity contribution in [3.63, 3.8) is 0 Å². The molecule has 1 amide bonds. The van der Waals surface area contributed by atoms with Crippen molar-refractivity contribution in [2.75, 3.05) is 0 Å². The minimum atomic E-state index is -0.676. The monoisotopic (exact) mass is 419 g/mol. The van der Waals surface area contributed by atoms with Crippen LogP contribution in [0.5, 0.6) is 17.2 Å². The van der Waals surface area contributed by atoms with E-state index < -0.39 is 23.2 Å². The maximum atomic E-state index is 12.7. The smallest absolute Gasteiger partial charge is 0.255 e. The van der Waals surface area contributed by atoms with E-state index in [1.165, 1.54) is 11.6 Å². The molecule has 0 aliphatic rings. The van der Waals surface area contributed by atoms with E-state index in [2.05, 4.69) is 26.1 Å². The fourth-order valence-corrected chi connectivity index (χ4v) is 3.39. The molecule has 3 aromatic rings. The lowest BCUT2D eigenvalue weighted by atomic mass is 9.87. The molecule has 4 N–H and O–H groups in total. The molecular formula is C26H29NO4. The van der Waals surface area contributed by atoms with Gasteiger partial charge in [-0.15, -0.1) is 0 Å². The molecule has 0 aromatic heterocycles. The van der Waals surface area contributed by atoms with Gasteiger partial charge in [-0.1, -0.05) is 75.4 Å². The van der Waals surface area contributed by atoms with Gasteiger partial charge in [0.25, 0.3) is 5.91 Å². The molecular weight excluding hydrogens is 390 g/mol. The summed E-state index contributed by atoms with van der Waals surface area (Å²) in [6, 6.07) is 19.1. The van der Waals surface area contributed by atoms with E-state index in [9.17, 15) is 20.1 Å². The van der Waals surface area contributed by atoms with E-state index in [4.69, 9.17) is 0 Å². The summed E-state index contributed by atoms with van der Waals surface area (Å²) >= 11 is 0. The van der Waals surface area contributed by atoms with Gasteiger partial charge in [0.05, 0.1) is 5.56 Å². The van der Waals surface area contributed by atoms with E-state index in [0.717, 1.165) is 11.1 Å². The van der Waals surface area contributed by atoms with Crippen molar-refractivity contribution in [1.29, 1.82) is 0 Å². The summed E-state index contributed by atoms with van der Waals surface area (Å²) in [4.78, 5) is 12.7. The number of aryl methyl sites for hydroxylation is 2. The van der Waals surface area contributed by atoms with E-state index in [-0.39, 0.29) is 17.5 Å². The van der Waals surface area contributed by atoms with Crippen LogP contribution in [0.1, 0.15) is 53.4 Å². The lowest BCUT2D eigenvalue weighted by Gasteiger charge is -2.19. The molecule has 0 heterocycles. The highest BCUT2D eigenvalue weighted by atomic mass is 16.3. The first-order chi connectivity index (χ1) is 14.7. The SMILES string of the molecule is CC(C)(C)c1ccc(CNC(=O)c2cc(CCc3ccccc3)c(O)c(O)c2O)cc1. The van der Waals surface area contributed by atoms with Crippen molar-refractivity contribution >= 4 is 5.91 Å². The Morgan fingerprint density at radius 3 is 2.06 bits per heavy atom. The van der Waals surface area contributed by atoms with Gasteiger partial charge in [-0.2, -0.15) is 0 Å². The van der Waals surface area contributed by atoms with Gasteiger partial charge < -0.3 is 20.6 Å². The van der Waals surface area contributed by atoms with Crippen molar-refractivity contribution in [2.45, 2.75) is 45.6 Å². The predicted molar refractivity (Wildman–Crippen MR) is 122 cm³/mol. The molecule has 0 unspecified atom stereocenters. The summed E-state index contributed by atoms with van der Waals surface area (Å²) in [7, 11) is 0. The van der Waals surface area contributed by atoms with Crippen LogP contribution in [0.3, 0.4) is 0 Å². The number of nitrogens with one attached hydrogen (secondary N) is 1. The second-order valence-electron chi connectivity index (χ2n) is 8.74. The Labute approximate surface area is 183 Å². The fraction of sp³-hybridized carbons (Fsp3) is 0.269.